The summed E-state index contributed by atoms with van der Waals surface area (Å²) in [5, 5.41) is 4.02. The van der Waals surface area contributed by atoms with Crippen molar-refractivity contribution in [1.29, 1.82) is 0 Å². The molecule has 110 valence electrons. The molecule has 1 aromatic heterocycles. The quantitative estimate of drug-likeness (QED) is 0.945. The number of pyridine rings is 1. The third kappa shape index (κ3) is 2.70. The van der Waals surface area contributed by atoms with Crippen LogP contribution in [-0.2, 0) is 4.79 Å². The molecule has 0 bridgehead atoms. The third-order valence-corrected chi connectivity index (χ3v) is 4.98. The summed E-state index contributed by atoms with van der Waals surface area (Å²) in [6.45, 7) is 1.96. The van der Waals surface area contributed by atoms with Crippen LogP contribution in [0.3, 0.4) is 0 Å². The molecule has 4 nitrogen and oxygen atoms in total. The van der Waals surface area contributed by atoms with Crippen LogP contribution in [-0.4, -0.2) is 29.5 Å². The van der Waals surface area contributed by atoms with Crippen molar-refractivity contribution in [2.45, 2.75) is 13.3 Å². The molecule has 2 heterocycles. The number of methoxy groups -OCH3 is 1. The summed E-state index contributed by atoms with van der Waals surface area (Å²) in [4.78, 5) is 16.8. The van der Waals surface area contributed by atoms with Gasteiger partial charge < -0.3 is 10.1 Å². The number of hydrogen-bond acceptors (Lipinski definition) is 4. The minimum absolute atomic E-state index is 0.110. The number of ether oxygens (including phenoxy) is 1. The number of fused-ring (bicyclic) bond motifs is 1. The molecule has 1 aromatic carbocycles. The predicted molar refractivity (Wildman–Crippen MR) is 87.1 cm³/mol. The second kappa shape index (κ2) is 5.93. The van der Waals surface area contributed by atoms with Gasteiger partial charge in [-0.05, 0) is 30.7 Å². The number of amides is 1. The number of hydrogen-bond donors (Lipinski definition) is 1. The Labute approximate surface area is 128 Å². The fourth-order valence-electron chi connectivity index (χ4n) is 2.59. The summed E-state index contributed by atoms with van der Waals surface area (Å²) in [5.41, 5.74) is 2.59. The number of carbonyl (C=O) groups is 1. The molecule has 1 saturated heterocycles. The van der Waals surface area contributed by atoms with Gasteiger partial charge >= 0.3 is 0 Å². The van der Waals surface area contributed by atoms with E-state index < -0.39 is 0 Å². The van der Waals surface area contributed by atoms with Gasteiger partial charge in [0.15, 0.2) is 0 Å². The summed E-state index contributed by atoms with van der Waals surface area (Å²) in [6.07, 6.45) is 2.74. The van der Waals surface area contributed by atoms with Gasteiger partial charge in [0.05, 0.1) is 12.8 Å². The molecule has 1 fully saturated rings. The minimum atomic E-state index is 0.110. The van der Waals surface area contributed by atoms with Crippen LogP contribution in [0.2, 0.25) is 0 Å². The average Bonchev–Trinajstić information content (AvgIpc) is 3.03. The molecule has 1 aliphatic rings. The van der Waals surface area contributed by atoms with E-state index in [-0.39, 0.29) is 11.8 Å². The zero-order chi connectivity index (χ0) is 14.8. The largest absolute Gasteiger partial charge is 0.494 e. The number of carbonyl (C=O) groups excluding carboxylic acids is 1. The number of anilines is 1. The van der Waals surface area contributed by atoms with Crippen molar-refractivity contribution < 1.29 is 9.53 Å². The second-order valence-electron chi connectivity index (χ2n) is 5.22. The normalized spacial score (nSPS) is 17.9. The molecule has 2 aromatic rings. The van der Waals surface area contributed by atoms with E-state index >= 15 is 0 Å². The first-order valence-electron chi connectivity index (χ1n) is 7.01. The highest BCUT2D eigenvalue weighted by Gasteiger charge is 2.24. The molecule has 3 rings (SSSR count). The summed E-state index contributed by atoms with van der Waals surface area (Å²) in [5.74, 6) is 2.93. The Hall–Kier alpha value is -1.75. The lowest BCUT2D eigenvalue weighted by molar-refractivity contribution is -0.119. The zero-order valence-corrected chi connectivity index (χ0v) is 13.0. The van der Waals surface area contributed by atoms with Crippen LogP contribution in [0.25, 0.3) is 10.9 Å². The summed E-state index contributed by atoms with van der Waals surface area (Å²) >= 11 is 1.84. The van der Waals surface area contributed by atoms with Gasteiger partial charge in [0.1, 0.15) is 11.3 Å². The maximum Gasteiger partial charge on any atom is 0.228 e. The molecule has 21 heavy (non-hydrogen) atoms. The topological polar surface area (TPSA) is 51.2 Å². The molecule has 1 amide bonds. The Morgan fingerprint density at radius 2 is 2.33 bits per heavy atom. The van der Waals surface area contributed by atoms with Crippen LogP contribution in [0.5, 0.6) is 5.75 Å². The number of thioether (sulfide) groups is 1. The maximum atomic E-state index is 12.4. The van der Waals surface area contributed by atoms with Gasteiger partial charge in [-0.15, -0.1) is 0 Å². The van der Waals surface area contributed by atoms with Crippen LogP contribution in [0.15, 0.2) is 24.4 Å². The van der Waals surface area contributed by atoms with Gasteiger partial charge in [-0.25, -0.2) is 0 Å². The molecule has 0 aliphatic carbocycles. The van der Waals surface area contributed by atoms with Crippen LogP contribution in [0.4, 0.5) is 5.69 Å². The van der Waals surface area contributed by atoms with Gasteiger partial charge in [-0.3, -0.25) is 9.78 Å². The van der Waals surface area contributed by atoms with Gasteiger partial charge in [-0.2, -0.15) is 11.8 Å². The lowest BCUT2D eigenvalue weighted by Crippen LogP contribution is -2.23. The second-order valence-corrected chi connectivity index (χ2v) is 6.37. The Morgan fingerprint density at radius 3 is 3.05 bits per heavy atom. The molecular weight excluding hydrogens is 284 g/mol. The monoisotopic (exact) mass is 302 g/mol. The molecule has 1 atom stereocenters. The van der Waals surface area contributed by atoms with E-state index in [2.05, 4.69) is 10.3 Å². The molecule has 0 saturated carbocycles. The first-order chi connectivity index (χ1) is 10.2. The van der Waals surface area contributed by atoms with E-state index in [1.165, 1.54) is 0 Å². The van der Waals surface area contributed by atoms with Gasteiger partial charge in [0, 0.05) is 23.3 Å². The SMILES string of the molecule is COc1cccc2c(NC(=O)C3CCSC3)c(C)cnc12. The number of benzene rings is 1. The Balaban J connectivity index is 2.00. The van der Waals surface area contributed by atoms with Crippen LogP contribution in [0, 0.1) is 12.8 Å². The fraction of sp³-hybridized carbons (Fsp3) is 0.375. The number of para-hydroxylation sites is 1. The number of rotatable bonds is 3. The Morgan fingerprint density at radius 1 is 1.48 bits per heavy atom. The average molecular weight is 302 g/mol. The van der Waals surface area contributed by atoms with E-state index in [1.54, 1.807) is 13.3 Å². The molecule has 1 aliphatic heterocycles. The number of nitrogens with one attached hydrogen (secondary N) is 1. The summed E-state index contributed by atoms with van der Waals surface area (Å²) in [6, 6.07) is 5.77. The highest BCUT2D eigenvalue weighted by atomic mass is 32.2. The van der Waals surface area contributed by atoms with Crippen molar-refractivity contribution in [3.8, 4) is 5.75 Å². The van der Waals surface area contributed by atoms with E-state index in [0.29, 0.717) is 0 Å². The zero-order valence-electron chi connectivity index (χ0n) is 12.2. The van der Waals surface area contributed by atoms with Crippen LogP contribution >= 0.6 is 11.8 Å². The molecule has 0 spiro atoms. The van der Waals surface area contributed by atoms with Crippen molar-refractivity contribution in [3.05, 3.63) is 30.0 Å². The standard InChI is InChI=1S/C16H18N2O2S/c1-10-8-17-15-12(4-3-5-13(15)20-2)14(10)18-16(19)11-6-7-21-9-11/h3-5,8,11H,6-7,9H2,1-2H3,(H,17,18,19). The van der Waals surface area contributed by atoms with Crippen LogP contribution < -0.4 is 10.1 Å². The first kappa shape index (κ1) is 14.2. The van der Waals surface area contributed by atoms with E-state index in [0.717, 1.165) is 45.8 Å². The third-order valence-electron chi connectivity index (χ3n) is 3.82. The van der Waals surface area contributed by atoms with Gasteiger partial charge in [-0.1, -0.05) is 12.1 Å². The van der Waals surface area contributed by atoms with E-state index in [4.69, 9.17) is 4.74 Å². The molecule has 5 heteroatoms. The minimum Gasteiger partial charge on any atom is -0.494 e. The number of aryl methyl sites for hydroxylation is 1. The fourth-order valence-corrected chi connectivity index (χ4v) is 3.81. The predicted octanol–water partition coefficient (Wildman–Crippen LogP) is 3.24. The molecule has 0 radical (unpaired) electrons. The van der Waals surface area contributed by atoms with E-state index in [9.17, 15) is 4.79 Å². The summed E-state index contributed by atoms with van der Waals surface area (Å²) in [7, 11) is 1.63. The maximum absolute atomic E-state index is 12.4. The first-order valence-corrected chi connectivity index (χ1v) is 8.17. The molecular formula is C16H18N2O2S. The lowest BCUT2D eigenvalue weighted by atomic mass is 10.1. The van der Waals surface area contributed by atoms with Gasteiger partial charge in [0.2, 0.25) is 5.91 Å². The number of nitrogens with zero attached hydrogens (tertiary/aromatic N) is 1. The lowest BCUT2D eigenvalue weighted by Gasteiger charge is -2.15. The highest BCUT2D eigenvalue weighted by Crippen LogP contribution is 2.32. The van der Waals surface area contributed by atoms with Crippen molar-refractivity contribution >= 4 is 34.3 Å². The highest BCUT2D eigenvalue weighted by molar-refractivity contribution is 7.99. The Bertz CT molecular complexity index is 681. The van der Waals surface area contributed by atoms with Gasteiger partial charge in [0.25, 0.3) is 0 Å². The van der Waals surface area contributed by atoms with Crippen molar-refractivity contribution in [2.24, 2.45) is 5.92 Å². The van der Waals surface area contributed by atoms with Crippen molar-refractivity contribution in [2.75, 3.05) is 23.9 Å². The smallest absolute Gasteiger partial charge is 0.228 e. The molecule has 1 unspecified atom stereocenters. The van der Waals surface area contributed by atoms with E-state index in [1.807, 2.05) is 36.9 Å². The molecule has 1 N–H and O–H groups in total. The van der Waals surface area contributed by atoms with Crippen molar-refractivity contribution in [1.82, 2.24) is 4.98 Å². The Kier molecular flexibility index (Phi) is 4.01. The summed E-state index contributed by atoms with van der Waals surface area (Å²) < 4.78 is 5.35. The van der Waals surface area contributed by atoms with Crippen LogP contribution in [0.1, 0.15) is 12.0 Å². The number of aromatic nitrogens is 1. The van der Waals surface area contributed by atoms with Crippen molar-refractivity contribution in [3.63, 3.8) is 0 Å².